The van der Waals surface area contributed by atoms with Crippen LogP contribution in [0.1, 0.15) is 0 Å². The molecule has 10 rings (SSSR count). The molecule has 2 heteroatoms. The van der Waals surface area contributed by atoms with Gasteiger partial charge in [-0.2, -0.15) is 0 Å². The Labute approximate surface area is 257 Å². The minimum absolute atomic E-state index is 1.18. The molecule has 0 aliphatic carbocycles. The van der Waals surface area contributed by atoms with Gasteiger partial charge in [-0.05, 0) is 50.9 Å². The van der Waals surface area contributed by atoms with Crippen molar-refractivity contribution in [1.29, 1.82) is 0 Å². The number of rotatable bonds is 2. The first-order valence-electron chi connectivity index (χ1n) is 15.1. The number of benzene rings is 8. The maximum absolute atomic E-state index is 2.57. The van der Waals surface area contributed by atoms with Crippen LogP contribution >= 0.6 is 11.3 Å². The second-order valence-electron chi connectivity index (χ2n) is 11.6. The molecule has 2 heterocycles. The van der Waals surface area contributed by atoms with Crippen LogP contribution in [0.4, 0.5) is 0 Å². The van der Waals surface area contributed by atoms with Crippen molar-refractivity contribution in [1.82, 2.24) is 4.57 Å². The van der Waals surface area contributed by atoms with Crippen LogP contribution in [0.25, 0.3) is 91.1 Å². The van der Waals surface area contributed by atoms with Crippen LogP contribution in [-0.4, -0.2) is 4.57 Å². The Morgan fingerprint density at radius 1 is 0.341 bits per heavy atom. The molecule has 10 aromatic rings. The molecule has 0 bridgehead atoms. The maximum atomic E-state index is 2.57. The molecule has 0 aliphatic heterocycles. The topological polar surface area (TPSA) is 4.93 Å². The zero-order valence-corrected chi connectivity index (χ0v) is 24.6. The molecule has 0 N–H and O–H groups in total. The number of thiophene rings is 1. The molecule has 1 nitrogen and oxygen atoms in total. The average Bonchev–Trinajstić information content (AvgIpc) is 3.66. The van der Waals surface area contributed by atoms with E-state index in [0.29, 0.717) is 0 Å². The summed E-state index contributed by atoms with van der Waals surface area (Å²) in [7, 11) is 0. The predicted molar refractivity (Wildman–Crippen MR) is 192 cm³/mol. The maximum Gasteiger partial charge on any atom is 0.0641 e. The predicted octanol–water partition coefficient (Wildman–Crippen LogP) is 12.3. The van der Waals surface area contributed by atoms with Crippen molar-refractivity contribution < 1.29 is 0 Å². The minimum atomic E-state index is 1.18. The van der Waals surface area contributed by atoms with E-state index in [1.165, 1.54) is 91.1 Å². The van der Waals surface area contributed by atoms with E-state index in [-0.39, 0.29) is 0 Å². The van der Waals surface area contributed by atoms with Gasteiger partial charge in [0.2, 0.25) is 0 Å². The highest BCUT2D eigenvalue weighted by molar-refractivity contribution is 7.27. The Kier molecular flexibility index (Phi) is 4.94. The van der Waals surface area contributed by atoms with Gasteiger partial charge in [-0.3, -0.25) is 0 Å². The first-order chi connectivity index (χ1) is 21.9. The standard InChI is InChI=1S/C42H25NS/c1-2-12-26(13-3-1)27-22-24-28(25-23-27)43-40-33-18-8-5-15-30(33)29-14-4-6-16-31(29)37(40)38-32-17-7-9-19-34(32)42-39(41(38)43)35-20-10-11-21-36(35)44-42/h1-25H. The summed E-state index contributed by atoms with van der Waals surface area (Å²) < 4.78 is 5.25. The van der Waals surface area contributed by atoms with Crippen LogP contribution in [0, 0.1) is 0 Å². The summed E-state index contributed by atoms with van der Waals surface area (Å²) in [5.41, 5.74) is 6.20. The van der Waals surface area contributed by atoms with Crippen LogP contribution in [0.2, 0.25) is 0 Å². The van der Waals surface area contributed by atoms with Crippen LogP contribution in [0.5, 0.6) is 0 Å². The minimum Gasteiger partial charge on any atom is -0.308 e. The second kappa shape index (κ2) is 9.03. The van der Waals surface area contributed by atoms with Crippen molar-refractivity contribution in [3.05, 3.63) is 152 Å². The summed E-state index contributed by atoms with van der Waals surface area (Å²) in [5, 5.41) is 13.1. The van der Waals surface area contributed by atoms with Gasteiger partial charge in [-0.15, -0.1) is 11.3 Å². The SMILES string of the molecule is c1ccc(-c2ccc(-n3c4c5ccccc5c5ccccc5c4c4c5ccccc5c5sc6ccccc6c5c43)cc2)cc1. The van der Waals surface area contributed by atoms with Crippen molar-refractivity contribution in [2.45, 2.75) is 0 Å². The van der Waals surface area contributed by atoms with Crippen LogP contribution in [0.15, 0.2) is 152 Å². The lowest BCUT2D eigenvalue weighted by Gasteiger charge is -2.13. The average molecular weight is 576 g/mol. The molecule has 204 valence electrons. The van der Waals surface area contributed by atoms with Crippen molar-refractivity contribution in [3.8, 4) is 16.8 Å². The van der Waals surface area contributed by atoms with E-state index >= 15 is 0 Å². The van der Waals surface area contributed by atoms with E-state index in [9.17, 15) is 0 Å². The van der Waals surface area contributed by atoms with Gasteiger partial charge in [0.05, 0.1) is 11.0 Å². The fourth-order valence-electron chi connectivity index (χ4n) is 7.51. The van der Waals surface area contributed by atoms with E-state index < -0.39 is 0 Å². The highest BCUT2D eigenvalue weighted by atomic mass is 32.1. The number of nitrogens with zero attached hydrogens (tertiary/aromatic N) is 1. The van der Waals surface area contributed by atoms with E-state index in [0.717, 1.165) is 0 Å². The van der Waals surface area contributed by atoms with Gasteiger partial charge in [-0.1, -0.05) is 133 Å². The lowest BCUT2D eigenvalue weighted by atomic mass is 9.94. The smallest absolute Gasteiger partial charge is 0.0641 e. The first-order valence-corrected chi connectivity index (χ1v) is 15.9. The van der Waals surface area contributed by atoms with Gasteiger partial charge in [0.1, 0.15) is 0 Å². The van der Waals surface area contributed by atoms with Gasteiger partial charge < -0.3 is 4.57 Å². The lowest BCUT2D eigenvalue weighted by molar-refractivity contribution is 1.19. The molecule has 0 saturated carbocycles. The largest absolute Gasteiger partial charge is 0.308 e. The highest BCUT2D eigenvalue weighted by Crippen LogP contribution is 2.50. The fraction of sp³-hybridized carbons (Fsp3) is 0. The third kappa shape index (κ3) is 3.18. The van der Waals surface area contributed by atoms with Gasteiger partial charge in [0.15, 0.2) is 0 Å². The quantitative estimate of drug-likeness (QED) is 0.181. The third-order valence-corrected chi connectivity index (χ3v) is 10.5. The summed E-state index contributed by atoms with van der Waals surface area (Å²) in [6.45, 7) is 0. The monoisotopic (exact) mass is 575 g/mol. The molecule has 44 heavy (non-hydrogen) atoms. The molecular weight excluding hydrogens is 551 g/mol. The summed E-state index contributed by atoms with van der Waals surface area (Å²) in [6, 6.07) is 55.7. The summed E-state index contributed by atoms with van der Waals surface area (Å²) in [4.78, 5) is 0. The molecule has 0 unspecified atom stereocenters. The third-order valence-electron chi connectivity index (χ3n) is 9.35. The van der Waals surface area contributed by atoms with E-state index in [1.807, 2.05) is 11.3 Å². The van der Waals surface area contributed by atoms with Crippen LogP contribution in [0.3, 0.4) is 0 Å². The number of aromatic nitrogens is 1. The molecule has 0 aliphatic rings. The lowest BCUT2D eigenvalue weighted by Crippen LogP contribution is -1.95. The number of fused-ring (bicyclic) bond motifs is 15. The molecule has 0 amide bonds. The van der Waals surface area contributed by atoms with Crippen molar-refractivity contribution in [2.24, 2.45) is 0 Å². The highest BCUT2D eigenvalue weighted by Gasteiger charge is 2.24. The van der Waals surface area contributed by atoms with Crippen LogP contribution in [-0.2, 0) is 0 Å². The zero-order chi connectivity index (χ0) is 28.8. The molecule has 0 saturated heterocycles. The summed E-state index contributed by atoms with van der Waals surface area (Å²) >= 11 is 1.91. The molecule has 0 spiro atoms. The van der Waals surface area contributed by atoms with Gasteiger partial charge >= 0.3 is 0 Å². The molecule has 2 aromatic heterocycles. The van der Waals surface area contributed by atoms with Gasteiger partial charge in [-0.25, -0.2) is 0 Å². The molecule has 0 fully saturated rings. The fourth-order valence-corrected chi connectivity index (χ4v) is 8.75. The Morgan fingerprint density at radius 2 is 0.841 bits per heavy atom. The van der Waals surface area contributed by atoms with Crippen LogP contribution < -0.4 is 0 Å². The second-order valence-corrected chi connectivity index (χ2v) is 12.7. The Morgan fingerprint density at radius 3 is 1.57 bits per heavy atom. The van der Waals surface area contributed by atoms with Gasteiger partial charge in [0.25, 0.3) is 0 Å². The Hall–Kier alpha value is -5.44. The first kappa shape index (κ1) is 24.0. The van der Waals surface area contributed by atoms with E-state index in [4.69, 9.17) is 0 Å². The summed E-state index contributed by atoms with van der Waals surface area (Å²) in [5.74, 6) is 0. The van der Waals surface area contributed by atoms with E-state index in [1.54, 1.807) is 0 Å². The molecule has 0 atom stereocenters. The zero-order valence-electron chi connectivity index (χ0n) is 23.8. The normalized spacial score (nSPS) is 12.1. The van der Waals surface area contributed by atoms with Crippen molar-refractivity contribution in [2.75, 3.05) is 0 Å². The van der Waals surface area contributed by atoms with E-state index in [2.05, 4.69) is 156 Å². The molecule has 8 aromatic carbocycles. The Bertz CT molecular complexity index is 2750. The van der Waals surface area contributed by atoms with Gasteiger partial charge in [0, 0.05) is 47.4 Å². The number of hydrogen-bond donors (Lipinski definition) is 0. The summed E-state index contributed by atoms with van der Waals surface area (Å²) in [6.07, 6.45) is 0. The molecular formula is C42H25NS. The van der Waals surface area contributed by atoms with Crippen molar-refractivity contribution in [3.63, 3.8) is 0 Å². The van der Waals surface area contributed by atoms with Crippen molar-refractivity contribution >= 4 is 85.6 Å². The number of hydrogen-bond acceptors (Lipinski definition) is 1. The molecule has 0 radical (unpaired) electrons. The Balaban J connectivity index is 1.51.